The number of carbonyl (C=O) groups is 2. The molecule has 1 aliphatic rings. The number of benzene rings is 1. The molecular weight excluding hydrogens is 296 g/mol. The van der Waals surface area contributed by atoms with E-state index in [0.717, 1.165) is 30.7 Å². The Labute approximate surface area is 136 Å². The molecule has 1 atom stereocenters. The first-order valence-electron chi connectivity index (χ1n) is 7.98. The van der Waals surface area contributed by atoms with Crippen molar-refractivity contribution >= 4 is 11.9 Å². The second-order valence-electron chi connectivity index (χ2n) is 5.54. The highest BCUT2D eigenvalue weighted by Gasteiger charge is 2.21. The molecule has 0 spiro atoms. The Kier molecular flexibility index (Phi) is 6.87. The minimum Gasteiger partial charge on any atom is -0.494 e. The van der Waals surface area contributed by atoms with E-state index in [1.807, 2.05) is 24.3 Å². The van der Waals surface area contributed by atoms with Gasteiger partial charge in [-0.2, -0.15) is 0 Å². The van der Waals surface area contributed by atoms with Gasteiger partial charge in [0.15, 0.2) is 0 Å². The van der Waals surface area contributed by atoms with Gasteiger partial charge in [0.2, 0.25) is 5.91 Å². The van der Waals surface area contributed by atoms with Crippen molar-refractivity contribution < 1.29 is 19.1 Å². The molecule has 2 rings (SSSR count). The number of methoxy groups -OCH3 is 1. The number of rotatable bonds is 8. The molecule has 6 nitrogen and oxygen atoms in total. The Bertz CT molecular complexity index is 510. The number of ether oxygens (including phenoxy) is 2. The number of hydrogen-bond donors (Lipinski definition) is 2. The highest BCUT2D eigenvalue weighted by atomic mass is 16.5. The summed E-state index contributed by atoms with van der Waals surface area (Å²) >= 11 is 0. The number of carbonyl (C=O) groups excluding carboxylic acids is 2. The second-order valence-corrected chi connectivity index (χ2v) is 5.54. The van der Waals surface area contributed by atoms with Crippen LogP contribution >= 0.6 is 0 Å². The SMILES string of the molecule is COC(=O)CCCOc1ccc(CNC(=O)C2CCCN2)cc1. The lowest BCUT2D eigenvalue weighted by atomic mass is 10.2. The third-order valence-corrected chi connectivity index (χ3v) is 3.79. The molecular formula is C17H24N2O4. The summed E-state index contributed by atoms with van der Waals surface area (Å²) in [5, 5.41) is 6.12. The van der Waals surface area contributed by atoms with Crippen molar-refractivity contribution in [2.75, 3.05) is 20.3 Å². The first-order valence-corrected chi connectivity index (χ1v) is 7.98. The molecule has 1 unspecified atom stereocenters. The van der Waals surface area contributed by atoms with E-state index < -0.39 is 0 Å². The fraction of sp³-hybridized carbons (Fsp3) is 0.529. The molecule has 0 saturated carbocycles. The number of amides is 1. The van der Waals surface area contributed by atoms with E-state index in [1.54, 1.807) is 0 Å². The monoisotopic (exact) mass is 320 g/mol. The van der Waals surface area contributed by atoms with Crippen LogP contribution in [0.2, 0.25) is 0 Å². The van der Waals surface area contributed by atoms with E-state index in [9.17, 15) is 9.59 Å². The van der Waals surface area contributed by atoms with Crippen LogP contribution in [-0.2, 0) is 20.9 Å². The predicted molar refractivity (Wildman–Crippen MR) is 86.1 cm³/mol. The summed E-state index contributed by atoms with van der Waals surface area (Å²) in [4.78, 5) is 22.9. The summed E-state index contributed by atoms with van der Waals surface area (Å²) in [7, 11) is 1.38. The highest BCUT2D eigenvalue weighted by molar-refractivity contribution is 5.81. The fourth-order valence-corrected chi connectivity index (χ4v) is 2.43. The van der Waals surface area contributed by atoms with Crippen LogP contribution in [0, 0.1) is 0 Å². The average Bonchev–Trinajstić information content (AvgIpc) is 3.12. The van der Waals surface area contributed by atoms with Crippen LogP contribution in [0.5, 0.6) is 5.75 Å². The summed E-state index contributed by atoms with van der Waals surface area (Å²) in [6, 6.07) is 7.55. The highest BCUT2D eigenvalue weighted by Crippen LogP contribution is 2.13. The van der Waals surface area contributed by atoms with Gasteiger partial charge in [0, 0.05) is 13.0 Å². The maximum atomic E-state index is 11.9. The van der Waals surface area contributed by atoms with Crippen LogP contribution in [0.3, 0.4) is 0 Å². The lowest BCUT2D eigenvalue weighted by molar-refractivity contribution is -0.140. The van der Waals surface area contributed by atoms with Crippen molar-refractivity contribution in [2.45, 2.75) is 38.3 Å². The second kappa shape index (κ2) is 9.15. The Morgan fingerprint density at radius 2 is 2.09 bits per heavy atom. The van der Waals surface area contributed by atoms with E-state index in [4.69, 9.17) is 4.74 Å². The van der Waals surface area contributed by atoms with Crippen LogP contribution in [0.4, 0.5) is 0 Å². The van der Waals surface area contributed by atoms with Gasteiger partial charge < -0.3 is 20.1 Å². The van der Waals surface area contributed by atoms with E-state index in [-0.39, 0.29) is 17.9 Å². The lowest BCUT2D eigenvalue weighted by Crippen LogP contribution is -2.39. The van der Waals surface area contributed by atoms with E-state index >= 15 is 0 Å². The van der Waals surface area contributed by atoms with Crippen molar-refractivity contribution in [2.24, 2.45) is 0 Å². The van der Waals surface area contributed by atoms with E-state index in [2.05, 4.69) is 15.4 Å². The average molecular weight is 320 g/mol. The van der Waals surface area contributed by atoms with Gasteiger partial charge in [-0.3, -0.25) is 9.59 Å². The molecule has 0 radical (unpaired) electrons. The summed E-state index contributed by atoms with van der Waals surface area (Å²) in [5.41, 5.74) is 1.03. The van der Waals surface area contributed by atoms with Crippen molar-refractivity contribution in [3.05, 3.63) is 29.8 Å². The standard InChI is InChI=1S/C17H24N2O4/c1-22-16(20)5-3-11-23-14-8-6-13(7-9-14)12-19-17(21)15-4-2-10-18-15/h6-9,15,18H,2-5,10-12H2,1H3,(H,19,21). The predicted octanol–water partition coefficient (Wildman–Crippen LogP) is 1.39. The minimum atomic E-state index is -0.226. The molecule has 1 saturated heterocycles. The topological polar surface area (TPSA) is 76.7 Å². The maximum Gasteiger partial charge on any atom is 0.305 e. The van der Waals surface area contributed by atoms with Crippen molar-refractivity contribution in [1.82, 2.24) is 10.6 Å². The molecule has 2 N–H and O–H groups in total. The first kappa shape index (κ1) is 17.3. The maximum absolute atomic E-state index is 11.9. The third kappa shape index (κ3) is 5.90. The molecule has 0 aromatic heterocycles. The van der Waals surface area contributed by atoms with E-state index in [1.165, 1.54) is 7.11 Å². The molecule has 23 heavy (non-hydrogen) atoms. The molecule has 6 heteroatoms. The van der Waals surface area contributed by atoms with Crippen molar-refractivity contribution in [3.63, 3.8) is 0 Å². The van der Waals surface area contributed by atoms with Crippen LogP contribution in [0.25, 0.3) is 0 Å². The molecule has 1 heterocycles. The van der Waals surface area contributed by atoms with Gasteiger partial charge in [-0.1, -0.05) is 12.1 Å². The third-order valence-electron chi connectivity index (χ3n) is 3.79. The van der Waals surface area contributed by atoms with Gasteiger partial charge in [-0.05, 0) is 43.5 Å². The first-order chi connectivity index (χ1) is 11.2. The van der Waals surface area contributed by atoms with Gasteiger partial charge in [-0.15, -0.1) is 0 Å². The Morgan fingerprint density at radius 1 is 1.30 bits per heavy atom. The zero-order chi connectivity index (χ0) is 16.5. The number of esters is 1. The Balaban J connectivity index is 1.67. The quantitative estimate of drug-likeness (QED) is 0.559. The van der Waals surface area contributed by atoms with Crippen molar-refractivity contribution in [1.29, 1.82) is 0 Å². The molecule has 126 valence electrons. The molecule has 1 amide bonds. The molecule has 1 fully saturated rings. The Hall–Kier alpha value is -2.08. The van der Waals surface area contributed by atoms with Gasteiger partial charge in [0.1, 0.15) is 5.75 Å². The van der Waals surface area contributed by atoms with Gasteiger partial charge in [-0.25, -0.2) is 0 Å². The summed E-state index contributed by atoms with van der Waals surface area (Å²) in [5.74, 6) is 0.587. The van der Waals surface area contributed by atoms with E-state index in [0.29, 0.717) is 26.0 Å². The molecule has 1 aromatic carbocycles. The summed E-state index contributed by atoms with van der Waals surface area (Å²) < 4.78 is 10.1. The molecule has 0 aliphatic carbocycles. The fourth-order valence-electron chi connectivity index (χ4n) is 2.43. The zero-order valence-corrected chi connectivity index (χ0v) is 13.5. The summed E-state index contributed by atoms with van der Waals surface area (Å²) in [6.07, 6.45) is 2.94. The minimum absolute atomic E-state index is 0.0487. The zero-order valence-electron chi connectivity index (χ0n) is 13.5. The number of hydrogen-bond acceptors (Lipinski definition) is 5. The summed E-state index contributed by atoms with van der Waals surface area (Å²) in [6.45, 7) is 1.90. The lowest BCUT2D eigenvalue weighted by Gasteiger charge is -2.11. The molecule has 1 aliphatic heterocycles. The Morgan fingerprint density at radius 3 is 2.74 bits per heavy atom. The smallest absolute Gasteiger partial charge is 0.305 e. The van der Waals surface area contributed by atoms with Crippen molar-refractivity contribution in [3.8, 4) is 5.75 Å². The largest absolute Gasteiger partial charge is 0.494 e. The van der Waals surface area contributed by atoms with Gasteiger partial charge in [0.25, 0.3) is 0 Å². The van der Waals surface area contributed by atoms with Crippen LogP contribution in [0.1, 0.15) is 31.2 Å². The van der Waals surface area contributed by atoms with Gasteiger partial charge in [0.05, 0.1) is 19.8 Å². The number of nitrogens with one attached hydrogen (secondary N) is 2. The molecule has 0 bridgehead atoms. The normalized spacial score (nSPS) is 16.8. The van der Waals surface area contributed by atoms with Gasteiger partial charge >= 0.3 is 5.97 Å². The van der Waals surface area contributed by atoms with Crippen LogP contribution in [-0.4, -0.2) is 38.2 Å². The van der Waals surface area contributed by atoms with Crippen LogP contribution < -0.4 is 15.4 Å². The molecule has 1 aromatic rings. The van der Waals surface area contributed by atoms with Crippen LogP contribution in [0.15, 0.2) is 24.3 Å².